The molecule has 0 bridgehead atoms. The van der Waals surface area contributed by atoms with Crippen LogP contribution < -0.4 is 0 Å². The second kappa shape index (κ2) is 13.5. The number of carbonyl (C=O) groups excluding carboxylic acids is 1. The molecule has 7 atom stereocenters. The number of fused-ring (bicyclic) bond motifs is 5. The molecule has 0 radical (unpaired) electrons. The van der Waals surface area contributed by atoms with E-state index in [4.69, 9.17) is 0 Å². The smallest absolute Gasteiger partial charge is 0.295 e. The van der Waals surface area contributed by atoms with Crippen LogP contribution in [-0.4, -0.2) is 33.6 Å². The molecule has 0 saturated heterocycles. The SMILES string of the molecule is C[C@]12CCC(=O)C=C1CC[C@@H]1[C@H]2CC[C@]2(C)C(CCCCCCCCCS(=O)CCCC(F)(F)C(F)(F)F)CC[C@@H]12. The van der Waals surface area contributed by atoms with Crippen molar-refractivity contribution < 1.29 is 31.0 Å². The Balaban J connectivity index is 1.08. The van der Waals surface area contributed by atoms with E-state index < -0.39 is 29.3 Å². The Morgan fingerprint density at radius 3 is 2.17 bits per heavy atom. The van der Waals surface area contributed by atoms with Crippen LogP contribution in [0.25, 0.3) is 0 Å². The van der Waals surface area contributed by atoms with Gasteiger partial charge < -0.3 is 0 Å². The second-order valence-corrected chi connectivity index (χ2v) is 15.9. The molecule has 4 aliphatic carbocycles. The van der Waals surface area contributed by atoms with E-state index >= 15 is 0 Å². The molecule has 0 aromatic heterocycles. The molecule has 41 heavy (non-hydrogen) atoms. The van der Waals surface area contributed by atoms with Crippen LogP contribution in [0.15, 0.2) is 11.6 Å². The highest BCUT2D eigenvalue weighted by Gasteiger charge is 2.59. The summed E-state index contributed by atoms with van der Waals surface area (Å²) in [5, 5.41) is 0. The van der Waals surface area contributed by atoms with Gasteiger partial charge in [0, 0.05) is 35.1 Å². The fourth-order valence-corrected chi connectivity index (χ4v) is 10.6. The Hall–Kier alpha value is -0.790. The third kappa shape index (κ3) is 7.48. The highest BCUT2D eigenvalue weighted by molar-refractivity contribution is 7.84. The van der Waals surface area contributed by atoms with E-state index in [2.05, 4.69) is 13.8 Å². The van der Waals surface area contributed by atoms with Crippen LogP contribution in [0.2, 0.25) is 0 Å². The number of unbranched alkanes of at least 4 members (excludes halogenated alkanes) is 6. The van der Waals surface area contributed by atoms with Gasteiger partial charge in [0.25, 0.3) is 0 Å². The maximum atomic E-state index is 12.9. The normalized spacial score (nSPS) is 34.5. The predicted molar refractivity (Wildman–Crippen MR) is 155 cm³/mol. The molecule has 236 valence electrons. The van der Waals surface area contributed by atoms with E-state index in [0.29, 0.717) is 17.0 Å². The molecule has 0 spiro atoms. The Labute approximate surface area is 246 Å². The van der Waals surface area contributed by atoms with E-state index in [0.717, 1.165) is 68.6 Å². The van der Waals surface area contributed by atoms with E-state index in [1.807, 2.05) is 6.08 Å². The zero-order chi connectivity index (χ0) is 29.9. The molecule has 0 aliphatic heterocycles. The first-order valence-electron chi connectivity index (χ1n) is 16.3. The highest BCUT2D eigenvalue weighted by atomic mass is 32.2. The van der Waals surface area contributed by atoms with Gasteiger partial charge in [-0.1, -0.05) is 57.9 Å². The van der Waals surface area contributed by atoms with Crippen LogP contribution in [0.5, 0.6) is 0 Å². The van der Waals surface area contributed by atoms with Crippen molar-refractivity contribution in [2.75, 3.05) is 11.5 Å². The van der Waals surface area contributed by atoms with Gasteiger partial charge in [-0.3, -0.25) is 9.00 Å². The monoisotopic (exact) mass is 606 g/mol. The zero-order valence-corrected chi connectivity index (χ0v) is 26.0. The Morgan fingerprint density at radius 1 is 0.805 bits per heavy atom. The summed E-state index contributed by atoms with van der Waals surface area (Å²) in [4.78, 5) is 12.1. The summed E-state index contributed by atoms with van der Waals surface area (Å²) in [7, 11) is -1.33. The van der Waals surface area contributed by atoms with E-state index in [9.17, 15) is 31.0 Å². The number of allylic oxidation sites excluding steroid dienone is 1. The van der Waals surface area contributed by atoms with Gasteiger partial charge >= 0.3 is 12.1 Å². The van der Waals surface area contributed by atoms with Crippen molar-refractivity contribution in [3.05, 3.63) is 11.6 Å². The summed E-state index contributed by atoms with van der Waals surface area (Å²) in [5.41, 5.74) is 2.18. The molecular weight excluding hydrogens is 555 g/mol. The van der Waals surface area contributed by atoms with Gasteiger partial charge in [-0.2, -0.15) is 22.0 Å². The summed E-state index contributed by atoms with van der Waals surface area (Å²) in [5.74, 6) is -0.814. The van der Waals surface area contributed by atoms with Crippen molar-refractivity contribution in [3.63, 3.8) is 0 Å². The number of halogens is 5. The number of hydrogen-bond donors (Lipinski definition) is 0. The Morgan fingerprint density at radius 2 is 1.46 bits per heavy atom. The van der Waals surface area contributed by atoms with Gasteiger partial charge in [-0.25, -0.2) is 0 Å². The van der Waals surface area contributed by atoms with Gasteiger partial charge in [0.05, 0.1) is 0 Å². The lowest BCUT2D eigenvalue weighted by atomic mass is 9.46. The molecule has 4 aliphatic rings. The van der Waals surface area contributed by atoms with Crippen LogP contribution in [-0.2, 0) is 15.6 Å². The van der Waals surface area contributed by atoms with Gasteiger partial charge in [-0.15, -0.1) is 0 Å². The summed E-state index contributed by atoms with van der Waals surface area (Å²) >= 11 is 0. The molecular formula is C33H51F5O2S. The molecule has 0 aromatic rings. The quantitative estimate of drug-likeness (QED) is 0.146. The summed E-state index contributed by atoms with van der Waals surface area (Å²) in [6, 6.07) is 0. The van der Waals surface area contributed by atoms with Gasteiger partial charge in [0.1, 0.15) is 0 Å². The first-order chi connectivity index (χ1) is 19.3. The van der Waals surface area contributed by atoms with Gasteiger partial charge in [0.15, 0.2) is 5.78 Å². The van der Waals surface area contributed by atoms with Crippen LogP contribution in [0, 0.1) is 34.5 Å². The summed E-state index contributed by atoms with van der Waals surface area (Å²) in [6.07, 6.45) is 13.3. The van der Waals surface area contributed by atoms with Crippen molar-refractivity contribution in [1.82, 2.24) is 0 Å². The number of ketones is 1. The van der Waals surface area contributed by atoms with Crippen molar-refractivity contribution in [2.24, 2.45) is 34.5 Å². The minimum Gasteiger partial charge on any atom is -0.295 e. The molecule has 0 N–H and O–H groups in total. The average Bonchev–Trinajstić information content (AvgIpc) is 3.23. The number of hydrogen-bond acceptors (Lipinski definition) is 2. The Kier molecular flexibility index (Phi) is 10.9. The lowest BCUT2D eigenvalue weighted by molar-refractivity contribution is -0.284. The molecule has 2 nitrogen and oxygen atoms in total. The molecule has 2 unspecified atom stereocenters. The topological polar surface area (TPSA) is 34.1 Å². The van der Waals surface area contributed by atoms with Crippen LogP contribution in [0.1, 0.15) is 129 Å². The third-order valence-electron chi connectivity index (χ3n) is 11.9. The molecule has 3 fully saturated rings. The van der Waals surface area contributed by atoms with E-state index in [-0.39, 0.29) is 17.6 Å². The molecule has 8 heteroatoms. The number of alkyl halides is 5. The fraction of sp³-hybridized carbons (Fsp3) is 0.909. The van der Waals surface area contributed by atoms with Crippen molar-refractivity contribution in [2.45, 2.75) is 142 Å². The maximum Gasteiger partial charge on any atom is 0.453 e. The standard InChI is InChI=1S/C33H51F5O2S/c1-30-20-17-29-27(14-12-25-23-26(39)16-19-31(25,29)2)28(30)15-13-24(30)11-8-6-4-3-5-7-9-21-41(40)22-10-18-32(34,35)33(36,37)38/h23-24,27-29H,3-22H2,1-2H3/t24?,27-,28-,29+,30+,31-,41?/m0/s1. The predicted octanol–water partition coefficient (Wildman–Crippen LogP) is 9.98. The van der Waals surface area contributed by atoms with Crippen LogP contribution in [0.4, 0.5) is 22.0 Å². The minimum absolute atomic E-state index is 0.0908. The fourth-order valence-electron chi connectivity index (χ4n) is 9.38. The van der Waals surface area contributed by atoms with E-state index in [1.54, 1.807) is 0 Å². The number of carbonyl (C=O) groups is 1. The molecule has 3 saturated carbocycles. The van der Waals surface area contributed by atoms with Crippen molar-refractivity contribution >= 4 is 16.6 Å². The van der Waals surface area contributed by atoms with Gasteiger partial charge in [-0.05, 0) is 105 Å². The second-order valence-electron chi connectivity index (χ2n) is 14.2. The molecule has 0 amide bonds. The van der Waals surface area contributed by atoms with Crippen LogP contribution in [0.3, 0.4) is 0 Å². The van der Waals surface area contributed by atoms with Crippen molar-refractivity contribution in [3.8, 4) is 0 Å². The lowest BCUT2D eigenvalue weighted by Crippen LogP contribution is -2.50. The largest absolute Gasteiger partial charge is 0.453 e. The van der Waals surface area contributed by atoms with Crippen LogP contribution >= 0.6 is 0 Å². The van der Waals surface area contributed by atoms with E-state index in [1.165, 1.54) is 63.4 Å². The molecule has 0 aromatic carbocycles. The lowest BCUT2D eigenvalue weighted by Gasteiger charge is -2.58. The average molecular weight is 607 g/mol. The molecule has 0 heterocycles. The third-order valence-corrected chi connectivity index (χ3v) is 13.3. The Bertz CT molecular complexity index is 962. The first kappa shape index (κ1) is 33.1. The minimum atomic E-state index is -5.53. The first-order valence-corrected chi connectivity index (χ1v) is 17.8. The highest BCUT2D eigenvalue weighted by Crippen LogP contribution is 2.67. The van der Waals surface area contributed by atoms with Gasteiger partial charge in [0.2, 0.25) is 0 Å². The zero-order valence-electron chi connectivity index (χ0n) is 25.1. The summed E-state index contributed by atoms with van der Waals surface area (Å²) < 4.78 is 74.4. The summed E-state index contributed by atoms with van der Waals surface area (Å²) in [6.45, 7) is 5.05. The van der Waals surface area contributed by atoms with Crippen molar-refractivity contribution in [1.29, 1.82) is 0 Å². The molecule has 4 rings (SSSR count). The maximum absolute atomic E-state index is 12.9. The number of rotatable bonds is 14.